The predicted octanol–water partition coefficient (Wildman–Crippen LogP) is 5.59. The lowest BCUT2D eigenvalue weighted by atomic mass is 9.95. The molecule has 5 heterocycles. The quantitative estimate of drug-likeness (QED) is 0.323. The number of aromatic amines is 2. The molecule has 4 aromatic heterocycles. The van der Waals surface area contributed by atoms with Crippen molar-refractivity contribution >= 4 is 43.6 Å². The van der Waals surface area contributed by atoms with E-state index >= 15 is 0 Å². The van der Waals surface area contributed by atoms with Gasteiger partial charge in [-0.1, -0.05) is 30.3 Å². The summed E-state index contributed by atoms with van der Waals surface area (Å²) in [6.07, 6.45) is 7.04. The molecule has 2 N–H and O–H groups in total. The van der Waals surface area contributed by atoms with E-state index in [-0.39, 0.29) is 6.04 Å². The standard InChI is InChI=1S/C29H26N4O3/c1-34-21-13-6-9-17-25-22(35-2)14-30-28(29(25)32-26(17)21)20-12-7-11-19-27-24(23(36-3)15-33(19)20)16-8-4-5-10-18(16)31-27/h4-6,8-10,13-15,20H,7,11-12H2,1-3H3,(H,30,32)/p+1. The van der Waals surface area contributed by atoms with Gasteiger partial charge < -0.3 is 24.2 Å². The third-order valence-corrected chi connectivity index (χ3v) is 7.63. The second-order valence-corrected chi connectivity index (χ2v) is 9.35. The largest absolute Gasteiger partial charge is 0.495 e. The van der Waals surface area contributed by atoms with Crippen molar-refractivity contribution in [1.82, 2.24) is 15.0 Å². The summed E-state index contributed by atoms with van der Waals surface area (Å²) in [5.41, 5.74) is 6.46. The van der Waals surface area contributed by atoms with E-state index in [1.54, 1.807) is 21.3 Å². The molecule has 7 rings (SSSR count). The average molecular weight is 480 g/mol. The maximum absolute atomic E-state index is 5.94. The first kappa shape index (κ1) is 21.1. The van der Waals surface area contributed by atoms with Gasteiger partial charge in [-0.25, -0.2) is 4.98 Å². The number of hydrogen-bond donors (Lipinski definition) is 2. The molecule has 1 aliphatic rings. The number of pyridine rings is 2. The Morgan fingerprint density at radius 1 is 0.806 bits per heavy atom. The summed E-state index contributed by atoms with van der Waals surface area (Å²) < 4.78 is 19.7. The van der Waals surface area contributed by atoms with Crippen LogP contribution in [0.5, 0.6) is 17.2 Å². The number of aromatic nitrogens is 4. The fourth-order valence-electron chi connectivity index (χ4n) is 6.04. The fourth-order valence-corrected chi connectivity index (χ4v) is 6.04. The molecule has 0 aliphatic carbocycles. The summed E-state index contributed by atoms with van der Waals surface area (Å²) in [6.45, 7) is 0. The number of hydrogen-bond acceptors (Lipinski definition) is 4. The fraction of sp³-hybridized carbons (Fsp3) is 0.241. The molecule has 1 unspecified atom stereocenters. The number of benzene rings is 2. The highest BCUT2D eigenvalue weighted by atomic mass is 16.5. The van der Waals surface area contributed by atoms with E-state index in [1.807, 2.05) is 18.3 Å². The zero-order valence-electron chi connectivity index (χ0n) is 20.5. The van der Waals surface area contributed by atoms with Crippen molar-refractivity contribution in [3.63, 3.8) is 0 Å². The highest BCUT2D eigenvalue weighted by Crippen LogP contribution is 2.41. The van der Waals surface area contributed by atoms with Gasteiger partial charge in [0.05, 0.1) is 49.3 Å². The van der Waals surface area contributed by atoms with E-state index in [0.29, 0.717) is 0 Å². The van der Waals surface area contributed by atoms with Gasteiger partial charge in [0, 0.05) is 29.1 Å². The number of H-pyrrole nitrogens is 2. The molecular formula is C29H27N4O3+. The molecule has 0 radical (unpaired) electrons. The van der Waals surface area contributed by atoms with E-state index in [9.17, 15) is 0 Å². The number of aryl methyl sites for hydroxylation is 1. The van der Waals surface area contributed by atoms with Gasteiger partial charge in [0.1, 0.15) is 22.7 Å². The summed E-state index contributed by atoms with van der Waals surface area (Å²) in [4.78, 5) is 12.3. The van der Waals surface area contributed by atoms with E-state index in [0.717, 1.165) is 80.4 Å². The van der Waals surface area contributed by atoms with Gasteiger partial charge in [0.15, 0.2) is 5.75 Å². The van der Waals surface area contributed by atoms with Crippen molar-refractivity contribution in [2.45, 2.75) is 25.3 Å². The predicted molar refractivity (Wildman–Crippen MR) is 140 cm³/mol. The Balaban J connectivity index is 1.53. The van der Waals surface area contributed by atoms with Crippen LogP contribution in [0.3, 0.4) is 0 Å². The molecule has 7 nitrogen and oxygen atoms in total. The lowest BCUT2D eigenvalue weighted by Gasteiger charge is -2.21. The summed E-state index contributed by atoms with van der Waals surface area (Å²) in [7, 11) is 5.13. The maximum atomic E-state index is 5.94. The molecule has 7 heteroatoms. The zero-order chi connectivity index (χ0) is 24.4. The van der Waals surface area contributed by atoms with Crippen molar-refractivity contribution < 1.29 is 18.8 Å². The first-order chi connectivity index (χ1) is 17.7. The second kappa shape index (κ2) is 7.88. The van der Waals surface area contributed by atoms with Crippen molar-refractivity contribution in [2.24, 2.45) is 0 Å². The van der Waals surface area contributed by atoms with Crippen molar-refractivity contribution in [1.29, 1.82) is 0 Å². The Morgan fingerprint density at radius 3 is 2.42 bits per heavy atom. The first-order valence-electron chi connectivity index (χ1n) is 12.3. The molecule has 180 valence electrons. The van der Waals surface area contributed by atoms with Crippen LogP contribution in [0.1, 0.15) is 30.3 Å². The SMILES string of the molecule is COc1cccc2c1[nH]c1c(C3CCCc4c5[nH]c6ccccc6c5c(OC)c[n+]43)ncc(OC)c12. The van der Waals surface area contributed by atoms with Gasteiger partial charge in [0.2, 0.25) is 17.9 Å². The Kier molecular flexibility index (Phi) is 4.61. The van der Waals surface area contributed by atoms with Crippen LogP contribution < -0.4 is 18.8 Å². The minimum Gasteiger partial charge on any atom is -0.495 e. The highest BCUT2D eigenvalue weighted by Gasteiger charge is 2.36. The monoisotopic (exact) mass is 479 g/mol. The highest BCUT2D eigenvalue weighted by molar-refractivity contribution is 6.13. The zero-order valence-corrected chi connectivity index (χ0v) is 20.5. The number of fused-ring (bicyclic) bond motifs is 8. The summed E-state index contributed by atoms with van der Waals surface area (Å²) in [6, 6.07) is 14.5. The lowest BCUT2D eigenvalue weighted by Crippen LogP contribution is -2.47. The van der Waals surface area contributed by atoms with Crippen molar-refractivity contribution in [3.8, 4) is 17.2 Å². The van der Waals surface area contributed by atoms with Crippen LogP contribution in [0, 0.1) is 0 Å². The maximum Gasteiger partial charge on any atom is 0.212 e. The van der Waals surface area contributed by atoms with E-state index in [4.69, 9.17) is 19.2 Å². The molecule has 0 bridgehead atoms. The van der Waals surface area contributed by atoms with Gasteiger partial charge in [-0.3, -0.25) is 0 Å². The molecule has 0 fully saturated rings. The van der Waals surface area contributed by atoms with Crippen molar-refractivity contribution in [3.05, 3.63) is 66.2 Å². The van der Waals surface area contributed by atoms with Gasteiger partial charge in [-0.2, -0.15) is 4.57 Å². The molecule has 36 heavy (non-hydrogen) atoms. The Labute approximate surface area is 207 Å². The molecule has 0 saturated carbocycles. The molecular weight excluding hydrogens is 452 g/mol. The van der Waals surface area contributed by atoms with E-state index in [1.165, 1.54) is 11.1 Å². The third-order valence-electron chi connectivity index (χ3n) is 7.63. The number of ether oxygens (including phenoxy) is 3. The van der Waals surface area contributed by atoms with Crippen LogP contribution in [-0.2, 0) is 6.42 Å². The van der Waals surface area contributed by atoms with Crippen LogP contribution in [-0.4, -0.2) is 36.3 Å². The normalized spacial score (nSPS) is 15.6. The topological polar surface area (TPSA) is 76.0 Å². The minimum absolute atomic E-state index is 0.0472. The van der Waals surface area contributed by atoms with Crippen LogP contribution >= 0.6 is 0 Å². The molecule has 2 aromatic carbocycles. The third kappa shape index (κ3) is 2.80. The van der Waals surface area contributed by atoms with Gasteiger partial charge in [0.25, 0.3) is 0 Å². The Hall–Kier alpha value is -4.26. The summed E-state index contributed by atoms with van der Waals surface area (Å²) in [5.74, 6) is 2.41. The molecule has 6 aromatic rings. The summed E-state index contributed by atoms with van der Waals surface area (Å²) in [5, 5.41) is 4.42. The second-order valence-electron chi connectivity index (χ2n) is 9.35. The van der Waals surface area contributed by atoms with Crippen LogP contribution in [0.25, 0.3) is 43.6 Å². The first-order valence-corrected chi connectivity index (χ1v) is 12.3. The Bertz CT molecular complexity index is 1800. The van der Waals surface area contributed by atoms with Gasteiger partial charge in [-0.05, 0) is 18.6 Å². The minimum atomic E-state index is 0.0472. The number of nitrogens with one attached hydrogen (secondary N) is 2. The molecule has 0 amide bonds. The van der Waals surface area contributed by atoms with Gasteiger partial charge in [-0.15, -0.1) is 0 Å². The molecule has 1 aliphatic heterocycles. The van der Waals surface area contributed by atoms with Crippen LogP contribution in [0.2, 0.25) is 0 Å². The van der Waals surface area contributed by atoms with E-state index < -0.39 is 0 Å². The Morgan fingerprint density at radius 2 is 1.58 bits per heavy atom. The van der Waals surface area contributed by atoms with Crippen molar-refractivity contribution in [2.75, 3.05) is 21.3 Å². The average Bonchev–Trinajstić information content (AvgIpc) is 3.51. The van der Waals surface area contributed by atoms with Crippen LogP contribution in [0.4, 0.5) is 0 Å². The molecule has 1 atom stereocenters. The molecule has 0 spiro atoms. The number of rotatable bonds is 4. The number of methoxy groups -OCH3 is 3. The number of nitrogens with zero attached hydrogens (tertiary/aromatic N) is 2. The molecule has 0 saturated heterocycles. The van der Waals surface area contributed by atoms with Crippen LogP contribution in [0.15, 0.2) is 54.9 Å². The lowest BCUT2D eigenvalue weighted by molar-refractivity contribution is -0.725. The van der Waals surface area contributed by atoms with E-state index in [2.05, 4.69) is 51.1 Å². The number of para-hydroxylation sites is 2. The summed E-state index contributed by atoms with van der Waals surface area (Å²) >= 11 is 0. The van der Waals surface area contributed by atoms with Gasteiger partial charge >= 0.3 is 0 Å². The smallest absolute Gasteiger partial charge is 0.212 e.